The third-order valence-corrected chi connectivity index (χ3v) is 1.26. The maximum Gasteiger partial charge on any atom is 0.0313 e. The van der Waals surface area contributed by atoms with E-state index in [2.05, 4.69) is 19.2 Å². The molecular weight excluding hydrogens is 74.1 g/mol. The van der Waals surface area contributed by atoms with Crippen LogP contribution in [-0.2, 0) is 0 Å². The van der Waals surface area contributed by atoms with Gasteiger partial charge in [-0.2, -0.15) is 0 Å². The van der Waals surface area contributed by atoms with Crippen LogP contribution in [-0.4, -0.2) is 12.1 Å². The molecule has 35 valence electrons. The molecule has 0 amide bonds. The fraction of sp³-hybridized carbons (Fsp3) is 1.00. The third kappa shape index (κ3) is 0.548. The largest absolute Gasteiger partial charge is 0.236 e. The Hall–Kier alpha value is -0.0400. The number of rotatable bonds is 0. The maximum absolute atomic E-state index is 4.20. The Labute approximate surface area is 38.7 Å². The van der Waals surface area contributed by atoms with Gasteiger partial charge in [-0.3, -0.25) is 0 Å². The first-order valence-electron chi connectivity index (χ1n) is 2.39. The van der Waals surface area contributed by atoms with Crippen LogP contribution >= 0.6 is 0 Å². The highest BCUT2D eigenvalue weighted by molar-refractivity contribution is 4.86. The fourth-order valence-corrected chi connectivity index (χ4v) is 0.559. The van der Waals surface area contributed by atoms with Crippen molar-refractivity contribution >= 4 is 0 Å². The van der Waals surface area contributed by atoms with Crippen molar-refractivity contribution in [2.75, 3.05) is 6.54 Å². The molecule has 1 fully saturated rings. The standard InChI is InChI=1S/C5H10N/c1-5(2)3-4-6-5/h3-4H2,1-2H3. The van der Waals surface area contributed by atoms with E-state index >= 15 is 0 Å². The molecule has 0 aliphatic carbocycles. The molecular formula is C5H10N. The van der Waals surface area contributed by atoms with Crippen LogP contribution in [0.4, 0.5) is 0 Å². The quantitative estimate of drug-likeness (QED) is 0.411. The van der Waals surface area contributed by atoms with Crippen LogP contribution < -0.4 is 5.32 Å². The molecule has 0 aromatic carbocycles. The molecule has 0 aromatic rings. The topological polar surface area (TPSA) is 14.1 Å². The Morgan fingerprint density at radius 1 is 1.50 bits per heavy atom. The van der Waals surface area contributed by atoms with Gasteiger partial charge in [0.25, 0.3) is 0 Å². The van der Waals surface area contributed by atoms with Gasteiger partial charge in [0.15, 0.2) is 0 Å². The van der Waals surface area contributed by atoms with Gasteiger partial charge in [0.1, 0.15) is 0 Å². The monoisotopic (exact) mass is 84.1 g/mol. The Balaban J connectivity index is 2.31. The summed E-state index contributed by atoms with van der Waals surface area (Å²) in [6, 6.07) is 0. The van der Waals surface area contributed by atoms with Crippen LogP contribution in [0.1, 0.15) is 20.3 Å². The summed E-state index contributed by atoms with van der Waals surface area (Å²) in [5.74, 6) is 0. The molecule has 1 aliphatic heterocycles. The van der Waals surface area contributed by atoms with E-state index in [4.69, 9.17) is 0 Å². The summed E-state index contributed by atoms with van der Waals surface area (Å²) in [6.07, 6.45) is 1.28. The van der Waals surface area contributed by atoms with Crippen LogP contribution in [0, 0.1) is 0 Å². The van der Waals surface area contributed by atoms with Crippen molar-refractivity contribution in [3.8, 4) is 0 Å². The lowest BCUT2D eigenvalue weighted by molar-refractivity contribution is 0.251. The van der Waals surface area contributed by atoms with Crippen molar-refractivity contribution in [2.45, 2.75) is 25.8 Å². The van der Waals surface area contributed by atoms with Crippen LogP contribution in [0.2, 0.25) is 0 Å². The molecule has 1 saturated heterocycles. The number of nitrogens with zero attached hydrogens (tertiary/aromatic N) is 1. The van der Waals surface area contributed by atoms with E-state index in [9.17, 15) is 0 Å². The van der Waals surface area contributed by atoms with Crippen molar-refractivity contribution in [2.24, 2.45) is 0 Å². The van der Waals surface area contributed by atoms with Gasteiger partial charge >= 0.3 is 0 Å². The van der Waals surface area contributed by atoms with Crippen LogP contribution in [0.5, 0.6) is 0 Å². The van der Waals surface area contributed by atoms with Crippen molar-refractivity contribution in [3.63, 3.8) is 0 Å². The second-order valence-corrected chi connectivity index (χ2v) is 2.44. The molecule has 1 heteroatoms. The normalized spacial score (nSPS) is 29.0. The third-order valence-electron chi connectivity index (χ3n) is 1.26. The van der Waals surface area contributed by atoms with Crippen molar-refractivity contribution in [1.82, 2.24) is 5.32 Å². The van der Waals surface area contributed by atoms with Gasteiger partial charge < -0.3 is 0 Å². The highest BCUT2D eigenvalue weighted by Crippen LogP contribution is 2.17. The van der Waals surface area contributed by atoms with Crippen molar-refractivity contribution in [1.29, 1.82) is 0 Å². The molecule has 1 nitrogen and oxygen atoms in total. The lowest BCUT2D eigenvalue weighted by Gasteiger charge is -2.33. The van der Waals surface area contributed by atoms with Gasteiger partial charge in [0.05, 0.1) is 0 Å². The molecule has 1 rings (SSSR count). The van der Waals surface area contributed by atoms with Crippen molar-refractivity contribution in [3.05, 3.63) is 0 Å². The maximum atomic E-state index is 4.20. The van der Waals surface area contributed by atoms with E-state index in [0.29, 0.717) is 5.54 Å². The van der Waals surface area contributed by atoms with E-state index in [1.54, 1.807) is 0 Å². The average molecular weight is 84.1 g/mol. The second kappa shape index (κ2) is 0.969. The van der Waals surface area contributed by atoms with E-state index in [1.807, 2.05) is 0 Å². The summed E-state index contributed by atoms with van der Waals surface area (Å²) in [6.45, 7) is 5.42. The summed E-state index contributed by atoms with van der Waals surface area (Å²) >= 11 is 0. The summed E-state index contributed by atoms with van der Waals surface area (Å²) in [5, 5.41) is 4.20. The second-order valence-electron chi connectivity index (χ2n) is 2.44. The molecule has 0 aromatic heterocycles. The average Bonchev–Trinajstić information content (AvgIpc) is 1.32. The summed E-state index contributed by atoms with van der Waals surface area (Å²) in [5.41, 5.74) is 0.347. The van der Waals surface area contributed by atoms with Crippen LogP contribution in [0.15, 0.2) is 0 Å². The first-order valence-corrected chi connectivity index (χ1v) is 2.39. The number of hydrogen-bond acceptors (Lipinski definition) is 0. The summed E-state index contributed by atoms with van der Waals surface area (Å²) < 4.78 is 0. The van der Waals surface area contributed by atoms with Gasteiger partial charge in [-0.05, 0) is 20.3 Å². The van der Waals surface area contributed by atoms with Gasteiger partial charge in [0.2, 0.25) is 0 Å². The van der Waals surface area contributed by atoms with Crippen LogP contribution in [0.3, 0.4) is 0 Å². The molecule has 0 N–H and O–H groups in total. The zero-order valence-corrected chi connectivity index (χ0v) is 4.36. The first-order chi connectivity index (χ1) is 2.71. The lowest BCUT2D eigenvalue weighted by atomic mass is 9.93. The Morgan fingerprint density at radius 3 is 1.83 bits per heavy atom. The minimum Gasteiger partial charge on any atom is -0.236 e. The van der Waals surface area contributed by atoms with E-state index < -0.39 is 0 Å². The lowest BCUT2D eigenvalue weighted by Crippen LogP contribution is -2.45. The summed E-state index contributed by atoms with van der Waals surface area (Å²) in [7, 11) is 0. The minimum absolute atomic E-state index is 0.347. The fourth-order valence-electron chi connectivity index (χ4n) is 0.559. The zero-order valence-electron chi connectivity index (χ0n) is 4.36. The molecule has 1 radical (unpaired) electrons. The first kappa shape index (κ1) is 4.13. The van der Waals surface area contributed by atoms with Crippen LogP contribution in [0.25, 0.3) is 0 Å². The molecule has 1 heterocycles. The van der Waals surface area contributed by atoms with Gasteiger partial charge in [-0.25, -0.2) is 5.32 Å². The van der Waals surface area contributed by atoms with E-state index in [0.717, 1.165) is 6.54 Å². The summed E-state index contributed by atoms with van der Waals surface area (Å²) in [4.78, 5) is 0. The van der Waals surface area contributed by atoms with E-state index in [-0.39, 0.29) is 0 Å². The molecule has 0 unspecified atom stereocenters. The minimum atomic E-state index is 0.347. The molecule has 0 spiro atoms. The van der Waals surface area contributed by atoms with Crippen molar-refractivity contribution < 1.29 is 0 Å². The molecule has 1 aliphatic rings. The van der Waals surface area contributed by atoms with Gasteiger partial charge in [-0.1, -0.05) is 0 Å². The molecule has 0 bridgehead atoms. The Morgan fingerprint density at radius 2 is 1.83 bits per heavy atom. The highest BCUT2D eigenvalue weighted by atomic mass is 15.0. The Bertz CT molecular complexity index is 51.0. The highest BCUT2D eigenvalue weighted by Gasteiger charge is 2.25. The number of hydrogen-bond donors (Lipinski definition) is 0. The molecule has 0 saturated carbocycles. The van der Waals surface area contributed by atoms with Gasteiger partial charge in [-0.15, -0.1) is 0 Å². The smallest absolute Gasteiger partial charge is 0.0313 e. The predicted molar refractivity (Wildman–Crippen MR) is 25.7 cm³/mol. The SMILES string of the molecule is CC1(C)CC[N]1. The van der Waals surface area contributed by atoms with Gasteiger partial charge in [0, 0.05) is 12.1 Å². The Kier molecular flexibility index (Phi) is 0.667. The zero-order chi connectivity index (χ0) is 4.62. The molecule has 0 atom stereocenters. The van der Waals surface area contributed by atoms with E-state index in [1.165, 1.54) is 6.42 Å². The molecule has 6 heavy (non-hydrogen) atoms. The predicted octanol–water partition coefficient (Wildman–Crippen LogP) is 0.773.